The summed E-state index contributed by atoms with van der Waals surface area (Å²) in [6, 6.07) is 10.5. The Morgan fingerprint density at radius 3 is 2.61 bits per heavy atom. The molecule has 23 heavy (non-hydrogen) atoms. The first-order chi connectivity index (χ1) is 11.1. The molecule has 2 aromatic rings. The van der Waals surface area contributed by atoms with Gasteiger partial charge in [0, 0.05) is 6.08 Å². The van der Waals surface area contributed by atoms with Gasteiger partial charge in [-0.25, -0.2) is 0 Å². The van der Waals surface area contributed by atoms with Crippen molar-refractivity contribution in [2.75, 3.05) is 0 Å². The molecule has 1 atom stereocenters. The van der Waals surface area contributed by atoms with Crippen LogP contribution in [-0.4, -0.2) is 21.1 Å². The van der Waals surface area contributed by atoms with Gasteiger partial charge in [0.05, 0.1) is 17.1 Å². The Kier molecular flexibility index (Phi) is 4.31. The van der Waals surface area contributed by atoms with Crippen LogP contribution in [0.5, 0.6) is 0 Å². The first-order valence-corrected chi connectivity index (χ1v) is 7.87. The molecule has 116 valence electrons. The number of benzene rings is 1. The van der Waals surface area contributed by atoms with Crippen LogP contribution in [0.3, 0.4) is 0 Å². The summed E-state index contributed by atoms with van der Waals surface area (Å²) < 4.78 is 5.35. The normalized spacial score (nSPS) is 17.7. The molecule has 5 nitrogen and oxygen atoms in total. The van der Waals surface area contributed by atoms with Gasteiger partial charge >= 0.3 is 0 Å². The van der Waals surface area contributed by atoms with E-state index in [0.29, 0.717) is 16.2 Å². The molecule has 2 heterocycles. The number of carboxylic acids is 1. The molecule has 3 rings (SSSR count). The van der Waals surface area contributed by atoms with E-state index >= 15 is 0 Å². The van der Waals surface area contributed by atoms with Gasteiger partial charge in [-0.15, -0.1) is 0 Å². The molecule has 1 aromatic carbocycles. The minimum absolute atomic E-state index is 0.172. The molecule has 1 aromatic heterocycles. The second-order valence-electron chi connectivity index (χ2n) is 4.70. The number of furan rings is 1. The maximum absolute atomic E-state index is 12.6. The highest BCUT2D eigenvalue weighted by molar-refractivity contribution is 8.26. The predicted molar refractivity (Wildman–Crippen MR) is 87.9 cm³/mol. The summed E-state index contributed by atoms with van der Waals surface area (Å²) in [5, 5.41) is 11.6. The molecule has 1 fully saturated rings. The summed E-state index contributed by atoms with van der Waals surface area (Å²) in [6.07, 6.45) is 3.02. The second-order valence-corrected chi connectivity index (χ2v) is 6.38. The van der Waals surface area contributed by atoms with E-state index in [1.54, 1.807) is 42.5 Å². The maximum Gasteiger partial charge on any atom is 0.267 e. The Balaban J connectivity index is 1.97. The highest BCUT2D eigenvalue weighted by atomic mass is 32.2. The van der Waals surface area contributed by atoms with E-state index in [-0.39, 0.29) is 4.32 Å². The molecule has 0 radical (unpaired) electrons. The summed E-state index contributed by atoms with van der Waals surface area (Å²) in [7, 11) is 0. The minimum Gasteiger partial charge on any atom is -0.547 e. The topological polar surface area (TPSA) is 73.6 Å². The SMILES string of the molecule is O=C([O-])[C@H](c1ccccc1)N1C(=O)/C(=C\c2ccco2)SC1=S. The van der Waals surface area contributed by atoms with E-state index in [2.05, 4.69) is 0 Å². The van der Waals surface area contributed by atoms with Crippen LogP contribution < -0.4 is 5.11 Å². The molecule has 0 bridgehead atoms. The van der Waals surface area contributed by atoms with Gasteiger partial charge in [-0.2, -0.15) is 0 Å². The molecule has 0 spiro atoms. The molecule has 0 N–H and O–H groups in total. The lowest BCUT2D eigenvalue weighted by Gasteiger charge is -2.27. The molecule has 1 saturated heterocycles. The Morgan fingerprint density at radius 2 is 2.00 bits per heavy atom. The fourth-order valence-electron chi connectivity index (χ4n) is 2.23. The first-order valence-electron chi connectivity index (χ1n) is 6.64. The molecule has 1 amide bonds. The monoisotopic (exact) mass is 344 g/mol. The summed E-state index contributed by atoms with van der Waals surface area (Å²) in [5.74, 6) is -1.36. The smallest absolute Gasteiger partial charge is 0.267 e. The van der Waals surface area contributed by atoms with Gasteiger partial charge in [-0.05, 0) is 17.7 Å². The summed E-state index contributed by atoms with van der Waals surface area (Å²) in [5.41, 5.74) is 0.433. The summed E-state index contributed by atoms with van der Waals surface area (Å²) in [4.78, 5) is 25.5. The molecule has 1 aliphatic rings. The number of aliphatic carboxylic acids is 1. The van der Waals surface area contributed by atoms with Crippen LogP contribution in [0.4, 0.5) is 0 Å². The number of carbonyl (C=O) groups is 2. The van der Waals surface area contributed by atoms with Gasteiger partial charge in [-0.3, -0.25) is 9.69 Å². The van der Waals surface area contributed by atoms with Gasteiger partial charge in [-0.1, -0.05) is 54.3 Å². The lowest BCUT2D eigenvalue weighted by Crippen LogP contribution is -2.43. The molecule has 1 aliphatic heterocycles. The van der Waals surface area contributed by atoms with Gasteiger partial charge in [0.1, 0.15) is 16.1 Å². The third-order valence-corrected chi connectivity index (χ3v) is 4.57. The number of hydrogen-bond donors (Lipinski definition) is 0. The lowest BCUT2D eigenvalue weighted by atomic mass is 10.1. The zero-order valence-corrected chi connectivity index (χ0v) is 13.3. The quantitative estimate of drug-likeness (QED) is 0.624. The van der Waals surface area contributed by atoms with E-state index in [1.807, 2.05) is 0 Å². The Hall–Kier alpha value is -2.38. The van der Waals surface area contributed by atoms with Crippen LogP contribution >= 0.6 is 24.0 Å². The van der Waals surface area contributed by atoms with Crippen molar-refractivity contribution in [3.05, 3.63) is 65.0 Å². The zero-order valence-electron chi connectivity index (χ0n) is 11.7. The number of amides is 1. The van der Waals surface area contributed by atoms with Crippen LogP contribution in [-0.2, 0) is 9.59 Å². The van der Waals surface area contributed by atoms with Crippen molar-refractivity contribution in [1.82, 2.24) is 4.90 Å². The van der Waals surface area contributed by atoms with E-state index in [9.17, 15) is 14.7 Å². The van der Waals surface area contributed by atoms with Crippen molar-refractivity contribution in [3.63, 3.8) is 0 Å². The van der Waals surface area contributed by atoms with Crippen molar-refractivity contribution >= 4 is 46.3 Å². The third-order valence-electron chi connectivity index (χ3n) is 3.24. The van der Waals surface area contributed by atoms with E-state index in [4.69, 9.17) is 16.6 Å². The fourth-order valence-corrected chi connectivity index (χ4v) is 3.52. The summed E-state index contributed by atoms with van der Waals surface area (Å²) in [6.45, 7) is 0. The molecular formula is C16H10NO4S2-. The highest BCUT2D eigenvalue weighted by Gasteiger charge is 2.38. The fraction of sp³-hybridized carbons (Fsp3) is 0.0625. The van der Waals surface area contributed by atoms with Gasteiger partial charge < -0.3 is 14.3 Å². The standard InChI is InChI=1S/C16H11NO4S2/c18-14-12(9-11-7-4-8-21-11)23-16(22)17(14)13(15(19)20)10-5-2-1-3-6-10/h1-9,13H,(H,19,20)/p-1/b12-9+/t13-/m0/s1. The Labute approximate surface area is 141 Å². The number of carboxylic acid groups (broad SMARTS) is 1. The van der Waals surface area contributed by atoms with Crippen LogP contribution in [0.15, 0.2) is 58.1 Å². The lowest BCUT2D eigenvalue weighted by molar-refractivity contribution is -0.310. The maximum atomic E-state index is 12.6. The highest BCUT2D eigenvalue weighted by Crippen LogP contribution is 2.38. The average Bonchev–Trinajstić information content (AvgIpc) is 3.12. The van der Waals surface area contributed by atoms with Crippen LogP contribution in [0.25, 0.3) is 6.08 Å². The van der Waals surface area contributed by atoms with Crippen molar-refractivity contribution in [1.29, 1.82) is 0 Å². The Bertz CT molecular complexity index is 784. The third kappa shape index (κ3) is 3.06. The number of thioether (sulfide) groups is 1. The van der Waals surface area contributed by atoms with Gasteiger partial charge in [0.25, 0.3) is 5.91 Å². The molecule has 7 heteroatoms. The predicted octanol–water partition coefficient (Wildman–Crippen LogP) is 1.97. The average molecular weight is 344 g/mol. The van der Waals surface area contributed by atoms with Crippen molar-refractivity contribution in [2.24, 2.45) is 0 Å². The van der Waals surface area contributed by atoms with Crippen LogP contribution in [0.2, 0.25) is 0 Å². The van der Waals surface area contributed by atoms with Crippen molar-refractivity contribution < 1.29 is 19.1 Å². The second kappa shape index (κ2) is 6.39. The Morgan fingerprint density at radius 1 is 1.26 bits per heavy atom. The molecule has 0 saturated carbocycles. The zero-order chi connectivity index (χ0) is 16.4. The van der Waals surface area contributed by atoms with E-state index in [0.717, 1.165) is 16.7 Å². The van der Waals surface area contributed by atoms with Crippen molar-refractivity contribution in [3.8, 4) is 0 Å². The van der Waals surface area contributed by atoms with Crippen molar-refractivity contribution in [2.45, 2.75) is 6.04 Å². The minimum atomic E-state index is -1.38. The molecule has 0 aliphatic carbocycles. The number of nitrogens with zero attached hydrogens (tertiary/aromatic N) is 1. The molecular weight excluding hydrogens is 334 g/mol. The van der Waals surface area contributed by atoms with E-state index in [1.165, 1.54) is 12.3 Å². The largest absolute Gasteiger partial charge is 0.547 e. The van der Waals surface area contributed by atoms with E-state index < -0.39 is 17.9 Å². The number of carbonyl (C=O) groups excluding carboxylic acids is 2. The number of rotatable bonds is 4. The van der Waals surface area contributed by atoms with Gasteiger partial charge in [0.15, 0.2) is 0 Å². The molecule has 0 unspecified atom stereocenters. The first kappa shape index (κ1) is 15.5. The van der Waals surface area contributed by atoms with Crippen LogP contribution in [0.1, 0.15) is 17.4 Å². The number of hydrogen-bond acceptors (Lipinski definition) is 6. The van der Waals surface area contributed by atoms with Gasteiger partial charge in [0.2, 0.25) is 0 Å². The van der Waals surface area contributed by atoms with Crippen LogP contribution in [0, 0.1) is 0 Å². The summed E-state index contributed by atoms with van der Waals surface area (Å²) >= 11 is 6.23. The number of thiocarbonyl (C=S) groups is 1.